The van der Waals surface area contributed by atoms with Gasteiger partial charge in [-0.15, -0.1) is 27.8 Å². The predicted molar refractivity (Wildman–Crippen MR) is 112 cm³/mol. The highest BCUT2D eigenvalue weighted by atomic mass is 35.5. The van der Waals surface area contributed by atoms with Crippen molar-refractivity contribution in [3.05, 3.63) is 32.3 Å². The Kier molecular flexibility index (Phi) is 5.96. The third kappa shape index (κ3) is 4.35. The minimum Gasteiger partial charge on any atom is -0.403 e. The van der Waals surface area contributed by atoms with Gasteiger partial charge in [0.05, 0.1) is 15.8 Å². The molecule has 0 saturated carbocycles. The molecule has 3 aromatic heterocycles. The van der Waals surface area contributed by atoms with Gasteiger partial charge in [-0.3, -0.25) is 10.1 Å². The second-order valence-electron chi connectivity index (χ2n) is 6.27. The zero-order valence-electron chi connectivity index (χ0n) is 14.7. The molecule has 154 valence electrons. The first-order valence-corrected chi connectivity index (χ1v) is 12.4. The number of sulfonamides is 1. The van der Waals surface area contributed by atoms with E-state index in [9.17, 15) is 13.2 Å². The average molecular weight is 493 g/mol. The fourth-order valence-corrected chi connectivity index (χ4v) is 7.10. The van der Waals surface area contributed by atoms with Crippen molar-refractivity contribution < 1.29 is 17.6 Å². The van der Waals surface area contributed by atoms with Gasteiger partial charge in [0.1, 0.15) is 8.55 Å². The van der Waals surface area contributed by atoms with Crippen molar-refractivity contribution in [3.63, 3.8) is 0 Å². The first-order chi connectivity index (χ1) is 13.8. The zero-order valence-corrected chi connectivity index (χ0v) is 18.6. The number of piperidine rings is 1. The third-order valence-electron chi connectivity index (χ3n) is 4.39. The second-order valence-corrected chi connectivity index (χ2v) is 11.7. The standard InChI is InChI=1S/C16H14Cl2N4O4S3/c17-11-7-10(13(18)28-11)15-20-21-16(26-15)19-14(23)9-3-1-5-22(8-9)29(24,25)12-4-2-6-27-12/h2,4,6-7,9H,1,3,5,8H2,(H,19,21,23)/t9-/m0/s1. The van der Waals surface area contributed by atoms with Gasteiger partial charge in [-0.05, 0) is 30.4 Å². The monoisotopic (exact) mass is 492 g/mol. The number of rotatable bonds is 5. The van der Waals surface area contributed by atoms with Crippen molar-refractivity contribution in [3.8, 4) is 11.5 Å². The normalized spacial score (nSPS) is 18.1. The van der Waals surface area contributed by atoms with Crippen molar-refractivity contribution in [1.82, 2.24) is 14.5 Å². The molecule has 3 aromatic rings. The Bertz CT molecular complexity index is 1130. The summed E-state index contributed by atoms with van der Waals surface area (Å²) in [6.45, 7) is 0.477. The number of nitrogens with one attached hydrogen (secondary N) is 1. The number of hydrogen-bond acceptors (Lipinski definition) is 8. The maximum Gasteiger partial charge on any atom is 0.322 e. The average Bonchev–Trinajstić information content (AvgIpc) is 3.43. The Balaban J connectivity index is 1.44. The summed E-state index contributed by atoms with van der Waals surface area (Å²) in [5, 5.41) is 12.0. The Morgan fingerprint density at radius 2 is 2.17 bits per heavy atom. The summed E-state index contributed by atoms with van der Waals surface area (Å²) in [5.41, 5.74) is 0.487. The van der Waals surface area contributed by atoms with Crippen LogP contribution in [0.1, 0.15) is 12.8 Å². The highest BCUT2D eigenvalue weighted by Crippen LogP contribution is 2.38. The molecule has 4 rings (SSSR count). The van der Waals surface area contributed by atoms with Crippen LogP contribution in [-0.2, 0) is 14.8 Å². The lowest BCUT2D eigenvalue weighted by Crippen LogP contribution is -2.43. The highest BCUT2D eigenvalue weighted by Gasteiger charge is 2.34. The molecule has 0 unspecified atom stereocenters. The SMILES string of the molecule is O=C(Nc1nnc(-c2cc(Cl)sc2Cl)o1)[C@H]1CCCN(S(=O)(=O)c2cccs2)C1. The van der Waals surface area contributed by atoms with Crippen LogP contribution in [0.2, 0.25) is 8.67 Å². The number of halogens is 2. The van der Waals surface area contributed by atoms with Crippen LogP contribution in [-0.4, -0.2) is 41.9 Å². The number of amides is 1. The van der Waals surface area contributed by atoms with Crippen LogP contribution in [0.25, 0.3) is 11.5 Å². The van der Waals surface area contributed by atoms with Gasteiger partial charge in [0.15, 0.2) is 0 Å². The molecule has 1 saturated heterocycles. The molecular weight excluding hydrogens is 479 g/mol. The van der Waals surface area contributed by atoms with Gasteiger partial charge in [0, 0.05) is 13.1 Å². The van der Waals surface area contributed by atoms with Crippen LogP contribution in [0.15, 0.2) is 32.2 Å². The van der Waals surface area contributed by atoms with Crippen molar-refractivity contribution in [2.24, 2.45) is 5.92 Å². The van der Waals surface area contributed by atoms with E-state index in [1.807, 2.05) is 0 Å². The molecule has 0 spiro atoms. The number of thiophene rings is 2. The predicted octanol–water partition coefficient (Wildman–Crippen LogP) is 4.21. The topological polar surface area (TPSA) is 105 Å². The lowest BCUT2D eigenvalue weighted by atomic mass is 9.99. The fraction of sp³-hybridized carbons (Fsp3) is 0.312. The number of carbonyl (C=O) groups excluding carboxylic acids is 1. The van der Waals surface area contributed by atoms with Crippen molar-refractivity contribution in [1.29, 1.82) is 0 Å². The van der Waals surface area contributed by atoms with Crippen LogP contribution in [0.5, 0.6) is 0 Å². The Labute approximate surface area is 184 Å². The molecule has 0 aliphatic carbocycles. The third-order valence-corrected chi connectivity index (χ3v) is 9.11. The van der Waals surface area contributed by atoms with Gasteiger partial charge < -0.3 is 4.42 Å². The summed E-state index contributed by atoms with van der Waals surface area (Å²) in [6, 6.07) is 4.76. The Morgan fingerprint density at radius 1 is 1.34 bits per heavy atom. The van der Waals surface area contributed by atoms with Crippen LogP contribution >= 0.6 is 45.9 Å². The number of anilines is 1. The molecule has 1 amide bonds. The fourth-order valence-electron chi connectivity index (χ4n) is 2.99. The van der Waals surface area contributed by atoms with Crippen LogP contribution in [0.3, 0.4) is 0 Å². The van der Waals surface area contributed by atoms with Gasteiger partial charge in [-0.1, -0.05) is 34.4 Å². The minimum absolute atomic E-state index is 0.0818. The number of nitrogens with zero attached hydrogens (tertiary/aromatic N) is 3. The largest absolute Gasteiger partial charge is 0.403 e. The highest BCUT2D eigenvalue weighted by molar-refractivity contribution is 7.91. The van der Waals surface area contributed by atoms with Gasteiger partial charge in [-0.2, -0.15) is 4.31 Å². The van der Waals surface area contributed by atoms with E-state index >= 15 is 0 Å². The smallest absolute Gasteiger partial charge is 0.322 e. The first kappa shape index (κ1) is 20.8. The maximum absolute atomic E-state index is 12.7. The maximum atomic E-state index is 12.7. The van der Waals surface area contributed by atoms with Crippen LogP contribution in [0.4, 0.5) is 6.01 Å². The minimum atomic E-state index is -3.60. The molecule has 13 heteroatoms. The molecule has 1 atom stereocenters. The van der Waals surface area contributed by atoms with Gasteiger partial charge in [-0.25, -0.2) is 8.42 Å². The Morgan fingerprint density at radius 3 is 2.86 bits per heavy atom. The summed E-state index contributed by atoms with van der Waals surface area (Å²) in [7, 11) is -3.60. The van der Waals surface area contributed by atoms with Gasteiger partial charge in [0.2, 0.25) is 5.91 Å². The van der Waals surface area contributed by atoms with E-state index in [0.29, 0.717) is 33.6 Å². The van der Waals surface area contributed by atoms with E-state index in [1.54, 1.807) is 23.6 Å². The van der Waals surface area contributed by atoms with Crippen molar-refractivity contribution >= 4 is 67.8 Å². The van der Waals surface area contributed by atoms with Crippen molar-refractivity contribution in [2.75, 3.05) is 18.4 Å². The molecule has 1 N–H and O–H groups in total. The van der Waals surface area contributed by atoms with Crippen LogP contribution < -0.4 is 5.32 Å². The summed E-state index contributed by atoms with van der Waals surface area (Å²) in [4.78, 5) is 12.6. The first-order valence-electron chi connectivity index (χ1n) is 8.48. The van der Waals surface area contributed by atoms with E-state index in [2.05, 4.69) is 15.5 Å². The molecule has 1 fully saturated rings. The molecule has 8 nitrogen and oxygen atoms in total. The van der Waals surface area contributed by atoms with E-state index in [-0.39, 0.29) is 28.6 Å². The molecule has 0 aromatic carbocycles. The van der Waals surface area contributed by atoms with Crippen LogP contribution in [0, 0.1) is 5.92 Å². The lowest BCUT2D eigenvalue weighted by molar-refractivity contribution is -0.121. The van der Waals surface area contributed by atoms with Gasteiger partial charge in [0.25, 0.3) is 15.9 Å². The molecular formula is C16H14Cl2N4O4S3. The van der Waals surface area contributed by atoms with E-state index < -0.39 is 15.9 Å². The second kappa shape index (κ2) is 8.32. The number of aromatic nitrogens is 2. The summed E-state index contributed by atoms with van der Waals surface area (Å²) in [5.74, 6) is -0.757. The van der Waals surface area contributed by atoms with E-state index in [0.717, 1.165) is 11.3 Å². The molecule has 0 bridgehead atoms. The summed E-state index contributed by atoms with van der Waals surface area (Å²) >= 11 is 14.3. The lowest BCUT2D eigenvalue weighted by Gasteiger charge is -2.30. The summed E-state index contributed by atoms with van der Waals surface area (Å²) < 4.78 is 33.4. The molecule has 1 aliphatic heterocycles. The molecule has 0 radical (unpaired) electrons. The number of carbonyl (C=O) groups is 1. The van der Waals surface area contributed by atoms with Crippen molar-refractivity contribution in [2.45, 2.75) is 17.1 Å². The zero-order chi connectivity index (χ0) is 20.6. The molecule has 1 aliphatic rings. The van der Waals surface area contributed by atoms with E-state index in [1.165, 1.54) is 15.6 Å². The van der Waals surface area contributed by atoms with Gasteiger partial charge >= 0.3 is 6.01 Å². The Hall–Kier alpha value is -1.50. The summed E-state index contributed by atoms with van der Waals surface area (Å²) in [6.07, 6.45) is 1.15. The quantitative estimate of drug-likeness (QED) is 0.571. The van der Waals surface area contributed by atoms with E-state index in [4.69, 9.17) is 27.6 Å². The number of hydrogen-bond donors (Lipinski definition) is 1. The molecule has 4 heterocycles. The molecule has 29 heavy (non-hydrogen) atoms.